The molecule has 0 saturated carbocycles. The normalized spacial score (nSPS) is 12.7. The van der Waals surface area contributed by atoms with E-state index < -0.39 is 0 Å². The van der Waals surface area contributed by atoms with E-state index in [-0.39, 0.29) is 30.1 Å². The average molecular weight is 451 g/mol. The lowest BCUT2D eigenvalue weighted by Crippen LogP contribution is -3.00. The minimum atomic E-state index is -0.0174. The van der Waals surface area contributed by atoms with Gasteiger partial charge in [-0.25, -0.2) is 4.98 Å². The van der Waals surface area contributed by atoms with E-state index in [2.05, 4.69) is 57.7 Å². The number of hydrogen-bond donors (Lipinski definition) is 0. The number of aromatic nitrogens is 2. The Labute approximate surface area is 167 Å². The Balaban J connectivity index is 0.00000225. The Morgan fingerprint density at radius 1 is 1.08 bits per heavy atom. The van der Waals surface area contributed by atoms with E-state index in [1.807, 2.05) is 30.3 Å². The fourth-order valence-electron chi connectivity index (χ4n) is 2.92. The van der Waals surface area contributed by atoms with Crippen LogP contribution in [-0.2, 0) is 6.54 Å². The van der Waals surface area contributed by atoms with Crippen LogP contribution in [0.4, 0.5) is 0 Å². The quantitative estimate of drug-likeness (QED) is 0.428. The van der Waals surface area contributed by atoms with E-state index in [1.165, 1.54) is 5.69 Å². The fourth-order valence-corrected chi connectivity index (χ4v) is 2.92. The third-order valence-electron chi connectivity index (χ3n) is 4.11. The molecule has 0 radical (unpaired) electrons. The molecule has 0 amide bonds. The molecule has 0 spiro atoms. The van der Waals surface area contributed by atoms with Crippen LogP contribution in [0.15, 0.2) is 48.7 Å². The molecule has 0 fully saturated rings. The first-order chi connectivity index (χ1) is 11.3. The minimum Gasteiger partial charge on any atom is -1.00 e. The first kappa shape index (κ1) is 19.7. The number of fused-ring (bicyclic) bond motifs is 1. The SMILES string of the molecule is Cc1nc2c(OC(C)c3ccccc3)cccn2c1C[N+](C)(C)C.[I-]. The third kappa shape index (κ3) is 4.52. The van der Waals surface area contributed by atoms with E-state index in [9.17, 15) is 0 Å². The van der Waals surface area contributed by atoms with Crippen LogP contribution < -0.4 is 28.7 Å². The smallest absolute Gasteiger partial charge is 0.180 e. The van der Waals surface area contributed by atoms with Crippen molar-refractivity contribution < 1.29 is 33.2 Å². The molecule has 2 aromatic heterocycles. The zero-order chi connectivity index (χ0) is 17.3. The molecule has 134 valence electrons. The van der Waals surface area contributed by atoms with Gasteiger partial charge in [-0.15, -0.1) is 0 Å². The van der Waals surface area contributed by atoms with Gasteiger partial charge in [0.1, 0.15) is 18.3 Å². The van der Waals surface area contributed by atoms with Gasteiger partial charge in [0.15, 0.2) is 11.4 Å². The van der Waals surface area contributed by atoms with E-state index in [4.69, 9.17) is 9.72 Å². The van der Waals surface area contributed by atoms with Gasteiger partial charge < -0.3 is 33.2 Å². The number of pyridine rings is 1. The Kier molecular flexibility index (Phi) is 6.11. The number of hydrogen-bond acceptors (Lipinski definition) is 2. The number of ether oxygens (including phenoxy) is 1. The molecule has 3 rings (SSSR count). The van der Waals surface area contributed by atoms with Gasteiger partial charge in [0.2, 0.25) is 0 Å². The highest BCUT2D eigenvalue weighted by Crippen LogP contribution is 2.27. The van der Waals surface area contributed by atoms with Crippen LogP contribution >= 0.6 is 0 Å². The molecule has 1 aromatic carbocycles. The molecule has 0 aliphatic heterocycles. The lowest BCUT2D eigenvalue weighted by molar-refractivity contribution is -0.884. The molecule has 5 heteroatoms. The zero-order valence-electron chi connectivity index (χ0n) is 15.5. The largest absolute Gasteiger partial charge is 1.00 e. The van der Waals surface area contributed by atoms with Crippen LogP contribution in [0.25, 0.3) is 5.65 Å². The van der Waals surface area contributed by atoms with E-state index in [0.29, 0.717) is 0 Å². The minimum absolute atomic E-state index is 0. The molecule has 0 aliphatic carbocycles. The zero-order valence-corrected chi connectivity index (χ0v) is 17.7. The number of quaternary nitrogens is 1. The molecule has 25 heavy (non-hydrogen) atoms. The Bertz CT molecular complexity index is 837. The lowest BCUT2D eigenvalue weighted by Gasteiger charge is -2.24. The molecule has 4 nitrogen and oxygen atoms in total. The van der Waals surface area contributed by atoms with Crippen molar-refractivity contribution in [2.45, 2.75) is 26.5 Å². The second-order valence-corrected chi connectivity index (χ2v) is 7.33. The molecular formula is C20H26IN3O. The summed E-state index contributed by atoms with van der Waals surface area (Å²) in [4.78, 5) is 4.77. The number of rotatable bonds is 5. The van der Waals surface area contributed by atoms with Crippen molar-refractivity contribution in [1.29, 1.82) is 0 Å². The summed E-state index contributed by atoms with van der Waals surface area (Å²) < 4.78 is 9.24. The topological polar surface area (TPSA) is 26.5 Å². The van der Waals surface area contributed by atoms with Gasteiger partial charge >= 0.3 is 0 Å². The van der Waals surface area contributed by atoms with Crippen LogP contribution in [0.1, 0.15) is 30.0 Å². The third-order valence-corrected chi connectivity index (χ3v) is 4.11. The summed E-state index contributed by atoms with van der Waals surface area (Å²) in [7, 11) is 6.57. The summed E-state index contributed by atoms with van der Waals surface area (Å²) in [5, 5.41) is 0. The first-order valence-electron chi connectivity index (χ1n) is 8.34. The van der Waals surface area contributed by atoms with Gasteiger partial charge in [-0.3, -0.25) is 4.40 Å². The molecule has 3 aromatic rings. The van der Waals surface area contributed by atoms with E-state index in [1.54, 1.807) is 0 Å². The maximum absolute atomic E-state index is 6.22. The van der Waals surface area contributed by atoms with Gasteiger partial charge in [-0.1, -0.05) is 30.3 Å². The summed E-state index contributed by atoms with van der Waals surface area (Å²) in [5.74, 6) is 0.824. The first-order valence-corrected chi connectivity index (χ1v) is 8.34. The summed E-state index contributed by atoms with van der Waals surface area (Å²) in [6.07, 6.45) is 2.05. The van der Waals surface area contributed by atoms with Crippen molar-refractivity contribution in [2.24, 2.45) is 0 Å². The van der Waals surface area contributed by atoms with Crippen LogP contribution in [0.3, 0.4) is 0 Å². The highest BCUT2D eigenvalue weighted by Gasteiger charge is 2.19. The summed E-state index contributed by atoms with van der Waals surface area (Å²) in [6.45, 7) is 5.06. The predicted octanol–water partition coefficient (Wildman–Crippen LogP) is 0.993. The van der Waals surface area contributed by atoms with Crippen molar-refractivity contribution in [3.8, 4) is 5.75 Å². The number of benzene rings is 1. The number of aryl methyl sites for hydroxylation is 1. The molecule has 0 aliphatic rings. The van der Waals surface area contributed by atoms with Crippen molar-refractivity contribution in [2.75, 3.05) is 21.1 Å². The van der Waals surface area contributed by atoms with Gasteiger partial charge in [0.25, 0.3) is 0 Å². The van der Waals surface area contributed by atoms with Gasteiger partial charge in [-0.2, -0.15) is 0 Å². The van der Waals surface area contributed by atoms with Crippen molar-refractivity contribution in [1.82, 2.24) is 9.38 Å². The van der Waals surface area contributed by atoms with Crippen LogP contribution in [-0.4, -0.2) is 35.0 Å². The van der Waals surface area contributed by atoms with Crippen LogP contribution in [0.5, 0.6) is 5.75 Å². The maximum atomic E-state index is 6.22. The van der Waals surface area contributed by atoms with Crippen LogP contribution in [0.2, 0.25) is 0 Å². The average Bonchev–Trinajstić information content (AvgIpc) is 2.84. The van der Waals surface area contributed by atoms with E-state index in [0.717, 1.165) is 33.7 Å². The number of nitrogens with zero attached hydrogens (tertiary/aromatic N) is 3. The molecule has 0 saturated heterocycles. The standard InChI is InChI=1S/C20H26N3O.HI/c1-15-18(14-23(3,4)5)22-13-9-12-19(20(22)21-15)24-16(2)17-10-7-6-8-11-17;/h6-13,16H,14H2,1-5H3;1H/q+1;/p-1. The second-order valence-electron chi connectivity index (χ2n) is 7.33. The highest BCUT2D eigenvalue weighted by molar-refractivity contribution is 5.56. The fraction of sp³-hybridized carbons (Fsp3) is 0.350. The second kappa shape index (κ2) is 7.74. The van der Waals surface area contributed by atoms with E-state index >= 15 is 0 Å². The molecule has 0 N–H and O–H groups in total. The molecular weight excluding hydrogens is 425 g/mol. The van der Waals surface area contributed by atoms with Crippen molar-refractivity contribution in [3.63, 3.8) is 0 Å². The Morgan fingerprint density at radius 3 is 2.40 bits per heavy atom. The van der Waals surface area contributed by atoms with Crippen molar-refractivity contribution >= 4 is 5.65 Å². The monoisotopic (exact) mass is 451 g/mol. The predicted molar refractivity (Wildman–Crippen MR) is 97.2 cm³/mol. The Morgan fingerprint density at radius 2 is 1.76 bits per heavy atom. The lowest BCUT2D eigenvalue weighted by atomic mass is 10.1. The summed E-state index contributed by atoms with van der Waals surface area (Å²) in [6, 6.07) is 14.3. The number of halogens is 1. The summed E-state index contributed by atoms with van der Waals surface area (Å²) >= 11 is 0. The molecule has 2 heterocycles. The summed E-state index contributed by atoms with van der Waals surface area (Å²) in [5.41, 5.74) is 4.34. The molecule has 1 unspecified atom stereocenters. The maximum Gasteiger partial charge on any atom is 0.180 e. The van der Waals surface area contributed by atoms with Crippen molar-refractivity contribution in [3.05, 3.63) is 65.6 Å². The molecule has 0 bridgehead atoms. The van der Waals surface area contributed by atoms with Crippen LogP contribution in [0, 0.1) is 6.92 Å². The number of imidazole rings is 1. The van der Waals surface area contributed by atoms with Gasteiger partial charge in [0.05, 0.1) is 26.8 Å². The Hall–Kier alpha value is -1.60. The van der Waals surface area contributed by atoms with Gasteiger partial charge in [0, 0.05) is 6.20 Å². The molecule has 1 atom stereocenters. The van der Waals surface area contributed by atoms with Gasteiger partial charge in [-0.05, 0) is 31.5 Å². The highest BCUT2D eigenvalue weighted by atomic mass is 127.